The van der Waals surface area contributed by atoms with Crippen LogP contribution in [0.3, 0.4) is 0 Å². The van der Waals surface area contributed by atoms with Crippen LogP contribution in [-0.2, 0) is 0 Å². The fourth-order valence-electron chi connectivity index (χ4n) is 7.04. The predicted octanol–water partition coefficient (Wildman–Crippen LogP) is 10.9. The van der Waals surface area contributed by atoms with E-state index in [1.54, 1.807) is 0 Å². The molecule has 7 aromatic carbocycles. The smallest absolute Gasteiger partial charge is 0.238 e. The molecule has 46 heavy (non-hydrogen) atoms. The van der Waals surface area contributed by atoms with Crippen LogP contribution in [-0.4, -0.2) is 15.0 Å². The summed E-state index contributed by atoms with van der Waals surface area (Å²) in [6.07, 6.45) is 0. The maximum Gasteiger partial charge on any atom is 0.238 e. The van der Waals surface area contributed by atoms with Crippen LogP contribution >= 0.6 is 0 Å². The Kier molecular flexibility index (Phi) is 5.22. The van der Waals surface area contributed by atoms with E-state index in [-0.39, 0.29) is 0 Å². The molecule has 9 aromatic rings. The van der Waals surface area contributed by atoms with Crippen molar-refractivity contribution in [1.29, 1.82) is 0 Å². The SMILES string of the molecule is c1ccc(-c2nc(-c3cccc4oc5ccccc5c34)nc(N3c4c(ccc5ccccc45)-c4cccc5cccc3c45)n2)cc1. The van der Waals surface area contributed by atoms with Crippen molar-refractivity contribution in [2.75, 3.05) is 4.90 Å². The lowest BCUT2D eigenvalue weighted by molar-refractivity contribution is 0.669. The van der Waals surface area contributed by atoms with Crippen molar-refractivity contribution in [3.8, 4) is 33.9 Å². The molecule has 214 valence electrons. The molecule has 0 unspecified atom stereocenters. The quantitative estimate of drug-likeness (QED) is 0.205. The maximum atomic E-state index is 6.27. The van der Waals surface area contributed by atoms with Crippen LogP contribution in [0.2, 0.25) is 0 Å². The first-order valence-corrected chi connectivity index (χ1v) is 15.4. The molecule has 2 aromatic heterocycles. The van der Waals surface area contributed by atoms with Gasteiger partial charge in [-0.25, -0.2) is 4.98 Å². The van der Waals surface area contributed by atoms with Crippen molar-refractivity contribution in [2.45, 2.75) is 0 Å². The highest BCUT2D eigenvalue weighted by atomic mass is 16.3. The summed E-state index contributed by atoms with van der Waals surface area (Å²) >= 11 is 0. The van der Waals surface area contributed by atoms with E-state index in [0.717, 1.165) is 60.8 Å². The van der Waals surface area contributed by atoms with E-state index in [2.05, 4.69) is 89.8 Å². The molecule has 1 aliphatic heterocycles. The molecule has 0 atom stereocenters. The summed E-state index contributed by atoms with van der Waals surface area (Å²) in [5, 5.41) is 6.67. The van der Waals surface area contributed by atoms with Gasteiger partial charge in [0.2, 0.25) is 5.95 Å². The Morgan fingerprint density at radius 2 is 1.13 bits per heavy atom. The van der Waals surface area contributed by atoms with Gasteiger partial charge in [-0.15, -0.1) is 0 Å². The Labute approximate surface area is 264 Å². The third-order valence-corrected chi connectivity index (χ3v) is 9.04. The number of nitrogens with zero attached hydrogens (tertiary/aromatic N) is 4. The first-order chi connectivity index (χ1) is 22.8. The fraction of sp³-hybridized carbons (Fsp3) is 0. The Bertz CT molecular complexity index is 2650. The lowest BCUT2D eigenvalue weighted by Gasteiger charge is -2.33. The van der Waals surface area contributed by atoms with Gasteiger partial charge in [-0.2, -0.15) is 9.97 Å². The fourth-order valence-corrected chi connectivity index (χ4v) is 7.04. The number of para-hydroxylation sites is 1. The monoisotopic (exact) mass is 588 g/mol. The molecule has 0 aliphatic carbocycles. The zero-order chi connectivity index (χ0) is 30.2. The highest BCUT2D eigenvalue weighted by Crippen LogP contribution is 2.52. The predicted molar refractivity (Wildman–Crippen MR) is 187 cm³/mol. The van der Waals surface area contributed by atoms with Gasteiger partial charge < -0.3 is 4.42 Å². The van der Waals surface area contributed by atoms with Crippen molar-refractivity contribution in [2.24, 2.45) is 0 Å². The summed E-state index contributed by atoms with van der Waals surface area (Å²) in [4.78, 5) is 17.9. The minimum atomic E-state index is 0.563. The van der Waals surface area contributed by atoms with Gasteiger partial charge in [0.05, 0.1) is 11.4 Å². The molecular weight excluding hydrogens is 564 g/mol. The number of rotatable bonds is 3. The maximum absolute atomic E-state index is 6.27. The van der Waals surface area contributed by atoms with Gasteiger partial charge >= 0.3 is 0 Å². The van der Waals surface area contributed by atoms with E-state index in [9.17, 15) is 0 Å². The summed E-state index contributed by atoms with van der Waals surface area (Å²) in [6, 6.07) is 50.3. The first kappa shape index (κ1) is 25.0. The van der Waals surface area contributed by atoms with Crippen LogP contribution in [0.15, 0.2) is 150 Å². The van der Waals surface area contributed by atoms with Crippen LogP contribution in [0.5, 0.6) is 0 Å². The number of benzene rings is 7. The second-order valence-electron chi connectivity index (χ2n) is 11.6. The largest absolute Gasteiger partial charge is 0.456 e. The minimum absolute atomic E-state index is 0.563. The second-order valence-corrected chi connectivity index (χ2v) is 11.6. The zero-order valence-corrected chi connectivity index (χ0v) is 24.6. The average molecular weight is 589 g/mol. The Balaban J connectivity index is 1.33. The van der Waals surface area contributed by atoms with E-state index in [1.807, 2.05) is 60.7 Å². The van der Waals surface area contributed by atoms with Crippen molar-refractivity contribution >= 4 is 60.8 Å². The van der Waals surface area contributed by atoms with Gasteiger partial charge in [-0.05, 0) is 34.5 Å². The van der Waals surface area contributed by atoms with Crippen molar-refractivity contribution < 1.29 is 4.42 Å². The number of fused-ring (bicyclic) bond motifs is 7. The molecular formula is C41H24N4O. The first-order valence-electron chi connectivity index (χ1n) is 15.4. The van der Waals surface area contributed by atoms with Crippen molar-refractivity contribution in [3.63, 3.8) is 0 Å². The third-order valence-electron chi connectivity index (χ3n) is 9.04. The molecule has 0 radical (unpaired) electrons. The Morgan fingerprint density at radius 3 is 2.04 bits per heavy atom. The number of anilines is 3. The summed E-state index contributed by atoms with van der Waals surface area (Å²) in [5.41, 5.74) is 7.92. The van der Waals surface area contributed by atoms with Gasteiger partial charge in [0.1, 0.15) is 11.2 Å². The molecule has 0 amide bonds. The number of hydrogen-bond donors (Lipinski definition) is 0. The molecule has 5 nitrogen and oxygen atoms in total. The molecule has 1 aliphatic rings. The lowest BCUT2D eigenvalue weighted by atomic mass is 9.89. The summed E-state index contributed by atoms with van der Waals surface area (Å²) < 4.78 is 6.27. The summed E-state index contributed by atoms with van der Waals surface area (Å²) in [6.45, 7) is 0. The number of furan rings is 1. The van der Waals surface area contributed by atoms with Crippen LogP contribution in [0, 0.1) is 0 Å². The normalized spacial score (nSPS) is 12.3. The molecule has 10 rings (SSSR count). The highest BCUT2D eigenvalue weighted by Gasteiger charge is 2.30. The zero-order valence-electron chi connectivity index (χ0n) is 24.6. The minimum Gasteiger partial charge on any atom is -0.456 e. The Hall–Kier alpha value is -6.33. The molecule has 0 spiro atoms. The third kappa shape index (κ3) is 3.60. The topological polar surface area (TPSA) is 55.1 Å². The van der Waals surface area contributed by atoms with Crippen LogP contribution < -0.4 is 4.90 Å². The van der Waals surface area contributed by atoms with Crippen LogP contribution in [0.1, 0.15) is 0 Å². The molecule has 5 heteroatoms. The van der Waals surface area contributed by atoms with Crippen LogP contribution in [0.4, 0.5) is 17.3 Å². The summed E-state index contributed by atoms with van der Waals surface area (Å²) in [7, 11) is 0. The van der Waals surface area contributed by atoms with Gasteiger partial charge in [-0.1, -0.05) is 127 Å². The van der Waals surface area contributed by atoms with E-state index in [4.69, 9.17) is 19.4 Å². The Morgan fingerprint density at radius 1 is 0.435 bits per heavy atom. The average Bonchev–Trinajstić information content (AvgIpc) is 3.51. The molecule has 0 bridgehead atoms. The van der Waals surface area contributed by atoms with E-state index < -0.39 is 0 Å². The highest BCUT2D eigenvalue weighted by molar-refractivity contribution is 6.18. The lowest BCUT2D eigenvalue weighted by Crippen LogP contribution is -2.19. The van der Waals surface area contributed by atoms with Gasteiger partial charge in [0.25, 0.3) is 0 Å². The molecule has 0 N–H and O–H groups in total. The molecule has 0 fully saturated rings. The summed E-state index contributed by atoms with van der Waals surface area (Å²) in [5.74, 6) is 1.76. The van der Waals surface area contributed by atoms with Crippen molar-refractivity contribution in [1.82, 2.24) is 15.0 Å². The van der Waals surface area contributed by atoms with Gasteiger partial charge in [-0.3, -0.25) is 4.90 Å². The molecule has 0 saturated heterocycles. The molecule has 3 heterocycles. The van der Waals surface area contributed by atoms with E-state index in [1.165, 1.54) is 16.3 Å². The molecule has 0 saturated carbocycles. The van der Waals surface area contributed by atoms with Gasteiger partial charge in [0, 0.05) is 38.2 Å². The van der Waals surface area contributed by atoms with Gasteiger partial charge in [0.15, 0.2) is 11.6 Å². The van der Waals surface area contributed by atoms with Crippen molar-refractivity contribution in [3.05, 3.63) is 146 Å². The van der Waals surface area contributed by atoms with E-state index >= 15 is 0 Å². The second kappa shape index (κ2) is 9.58. The van der Waals surface area contributed by atoms with E-state index in [0.29, 0.717) is 17.6 Å². The standard InChI is InChI=1S/C41H24N4O/c1-2-12-27(13-3-1)39-42-40(32-19-10-22-35-37(32)31-17-6-7-21-34(31)46-35)44-41(43-39)45-33-20-9-15-26-14-8-18-29(36(26)33)30-24-23-25-11-4-5-16-28(25)38(30)45/h1-24H. The number of hydrogen-bond acceptors (Lipinski definition) is 5. The number of aromatic nitrogens is 3. The van der Waals surface area contributed by atoms with Crippen LogP contribution in [0.25, 0.3) is 77.4 Å².